The highest BCUT2D eigenvalue weighted by atomic mass is 35.5. The van der Waals surface area contributed by atoms with Gasteiger partial charge in [-0.2, -0.15) is 0 Å². The molecule has 0 fully saturated rings. The monoisotopic (exact) mass is 364 g/mol. The molecule has 0 aliphatic carbocycles. The van der Waals surface area contributed by atoms with Crippen LogP contribution < -0.4 is 4.90 Å². The topological polar surface area (TPSA) is 63.5 Å². The normalized spacial score (nSPS) is 10.8. The summed E-state index contributed by atoms with van der Waals surface area (Å²) in [6, 6.07) is 9.36. The van der Waals surface area contributed by atoms with Crippen LogP contribution in [0.3, 0.4) is 0 Å². The number of halogens is 2. The smallest absolute Gasteiger partial charge is 0.293 e. The Morgan fingerprint density at radius 3 is 2.50 bits per heavy atom. The minimum Gasteiger partial charge on any atom is -0.372 e. The lowest BCUT2D eigenvalue weighted by atomic mass is 10.1. The number of rotatable bonds is 5. The standard InChI is InChI=1S/C17H14Cl2N2O3/c1-20(2)15-7-3-11(9-16(15)21(23)24)4-8-17(22)13-10-12(18)5-6-14(13)19/h3-10H,1-2H3. The number of carbonyl (C=O) groups is 1. The maximum absolute atomic E-state index is 12.2. The van der Waals surface area contributed by atoms with Gasteiger partial charge in [0.15, 0.2) is 5.78 Å². The summed E-state index contributed by atoms with van der Waals surface area (Å²) in [7, 11) is 3.45. The minimum atomic E-state index is -0.456. The van der Waals surface area contributed by atoms with Gasteiger partial charge in [0.2, 0.25) is 0 Å². The molecule has 2 rings (SSSR count). The van der Waals surface area contributed by atoms with E-state index in [4.69, 9.17) is 23.2 Å². The molecule has 0 aromatic heterocycles. The van der Waals surface area contributed by atoms with Crippen LogP contribution in [0.15, 0.2) is 42.5 Å². The first-order chi connectivity index (χ1) is 11.3. The lowest BCUT2D eigenvalue weighted by Gasteiger charge is -2.12. The van der Waals surface area contributed by atoms with Crippen LogP contribution in [-0.4, -0.2) is 24.8 Å². The first kappa shape index (κ1) is 18.0. The summed E-state index contributed by atoms with van der Waals surface area (Å²) >= 11 is 11.9. The van der Waals surface area contributed by atoms with Crippen molar-refractivity contribution in [2.24, 2.45) is 0 Å². The Morgan fingerprint density at radius 1 is 1.17 bits per heavy atom. The van der Waals surface area contributed by atoms with Gasteiger partial charge < -0.3 is 4.90 Å². The van der Waals surface area contributed by atoms with Crippen molar-refractivity contribution in [3.8, 4) is 0 Å². The minimum absolute atomic E-state index is 0.0320. The molecule has 5 nitrogen and oxygen atoms in total. The third-order valence-corrected chi connectivity index (χ3v) is 3.86. The van der Waals surface area contributed by atoms with Gasteiger partial charge in [-0.25, -0.2) is 0 Å². The molecule has 0 radical (unpaired) electrons. The fraction of sp³-hybridized carbons (Fsp3) is 0.118. The summed E-state index contributed by atoms with van der Waals surface area (Å²) in [6.07, 6.45) is 2.82. The van der Waals surface area contributed by atoms with Gasteiger partial charge in [0.05, 0.1) is 9.95 Å². The number of anilines is 1. The molecule has 0 saturated heterocycles. The highest BCUT2D eigenvalue weighted by Gasteiger charge is 2.15. The first-order valence-corrected chi connectivity index (χ1v) is 7.68. The molecule has 24 heavy (non-hydrogen) atoms. The predicted molar refractivity (Wildman–Crippen MR) is 97.2 cm³/mol. The van der Waals surface area contributed by atoms with Crippen molar-refractivity contribution in [2.75, 3.05) is 19.0 Å². The maximum Gasteiger partial charge on any atom is 0.293 e. The molecule has 7 heteroatoms. The van der Waals surface area contributed by atoms with Crippen molar-refractivity contribution >= 4 is 46.4 Å². The van der Waals surface area contributed by atoms with Crippen molar-refractivity contribution in [3.05, 3.63) is 73.8 Å². The third-order valence-electron chi connectivity index (χ3n) is 3.30. The molecular weight excluding hydrogens is 351 g/mol. The Morgan fingerprint density at radius 2 is 1.88 bits per heavy atom. The molecule has 124 valence electrons. The Hall–Kier alpha value is -2.37. The number of allylic oxidation sites excluding steroid dienone is 1. The van der Waals surface area contributed by atoms with E-state index in [2.05, 4.69) is 0 Å². The van der Waals surface area contributed by atoms with E-state index >= 15 is 0 Å². The van der Waals surface area contributed by atoms with Crippen LogP contribution in [0.1, 0.15) is 15.9 Å². The van der Waals surface area contributed by atoms with Gasteiger partial charge in [-0.1, -0.05) is 35.3 Å². The van der Waals surface area contributed by atoms with Crippen LogP contribution in [-0.2, 0) is 0 Å². The lowest BCUT2D eigenvalue weighted by molar-refractivity contribution is -0.384. The van der Waals surface area contributed by atoms with Crippen LogP contribution in [0.25, 0.3) is 6.08 Å². The molecular formula is C17H14Cl2N2O3. The average molecular weight is 365 g/mol. The predicted octanol–water partition coefficient (Wildman–Crippen LogP) is 4.86. The molecule has 0 bridgehead atoms. The number of hydrogen-bond donors (Lipinski definition) is 0. The lowest BCUT2D eigenvalue weighted by Crippen LogP contribution is -2.11. The van der Waals surface area contributed by atoms with Crippen LogP contribution in [0.4, 0.5) is 11.4 Å². The summed E-state index contributed by atoms with van der Waals surface area (Å²) in [4.78, 5) is 24.6. The number of nitrogens with zero attached hydrogens (tertiary/aromatic N) is 2. The fourth-order valence-electron chi connectivity index (χ4n) is 2.12. The summed E-state index contributed by atoms with van der Waals surface area (Å²) in [6.45, 7) is 0. The van der Waals surface area contributed by atoms with E-state index in [-0.39, 0.29) is 17.0 Å². The number of carbonyl (C=O) groups excluding carboxylic acids is 1. The van der Waals surface area contributed by atoms with E-state index in [1.54, 1.807) is 43.3 Å². The highest BCUT2D eigenvalue weighted by Crippen LogP contribution is 2.28. The van der Waals surface area contributed by atoms with E-state index in [0.29, 0.717) is 21.3 Å². The number of hydrogen-bond acceptors (Lipinski definition) is 4. The molecule has 0 saturated carbocycles. The van der Waals surface area contributed by atoms with Gasteiger partial charge in [0.1, 0.15) is 5.69 Å². The van der Waals surface area contributed by atoms with E-state index < -0.39 is 4.92 Å². The summed E-state index contributed by atoms with van der Waals surface area (Å²) in [5.41, 5.74) is 1.27. The molecule has 0 amide bonds. The van der Waals surface area contributed by atoms with Crippen LogP contribution in [0, 0.1) is 10.1 Å². The van der Waals surface area contributed by atoms with Gasteiger partial charge in [-0.3, -0.25) is 14.9 Å². The Kier molecular flexibility index (Phi) is 5.59. The number of nitro groups is 1. The summed E-state index contributed by atoms with van der Waals surface area (Å²) in [5.74, 6) is -0.332. The Bertz CT molecular complexity index is 833. The van der Waals surface area contributed by atoms with Gasteiger partial charge in [0, 0.05) is 30.7 Å². The average Bonchev–Trinajstić information content (AvgIpc) is 2.54. The second kappa shape index (κ2) is 7.47. The first-order valence-electron chi connectivity index (χ1n) is 6.93. The molecule has 0 N–H and O–H groups in total. The van der Waals surface area contributed by atoms with Crippen LogP contribution in [0.2, 0.25) is 10.0 Å². The molecule has 2 aromatic rings. The Balaban J connectivity index is 2.32. The van der Waals surface area contributed by atoms with Crippen molar-refractivity contribution in [2.45, 2.75) is 0 Å². The summed E-state index contributed by atoms with van der Waals surface area (Å²) in [5, 5.41) is 11.9. The zero-order valence-electron chi connectivity index (χ0n) is 13.0. The zero-order valence-corrected chi connectivity index (χ0v) is 14.5. The van der Waals surface area contributed by atoms with E-state index in [9.17, 15) is 14.9 Å². The molecule has 0 aliphatic rings. The van der Waals surface area contributed by atoms with Gasteiger partial charge >= 0.3 is 0 Å². The Labute approximate surface area is 149 Å². The van der Waals surface area contributed by atoms with Crippen molar-refractivity contribution in [1.29, 1.82) is 0 Å². The van der Waals surface area contributed by atoms with Gasteiger partial charge in [-0.15, -0.1) is 0 Å². The summed E-state index contributed by atoms with van der Waals surface area (Å²) < 4.78 is 0. The second-order valence-electron chi connectivity index (χ2n) is 5.22. The zero-order chi connectivity index (χ0) is 17.9. The molecule has 0 atom stereocenters. The molecule has 0 spiro atoms. The number of benzene rings is 2. The van der Waals surface area contributed by atoms with Crippen LogP contribution in [0.5, 0.6) is 0 Å². The van der Waals surface area contributed by atoms with Crippen LogP contribution >= 0.6 is 23.2 Å². The SMILES string of the molecule is CN(C)c1ccc(C=CC(=O)c2cc(Cl)ccc2Cl)cc1[N+](=O)[O-]. The molecule has 0 aliphatic heterocycles. The van der Waals surface area contributed by atoms with Crippen molar-refractivity contribution in [1.82, 2.24) is 0 Å². The molecule has 0 heterocycles. The number of ketones is 1. The van der Waals surface area contributed by atoms with E-state index in [0.717, 1.165) is 0 Å². The quantitative estimate of drug-likeness (QED) is 0.328. The van der Waals surface area contributed by atoms with E-state index in [1.165, 1.54) is 24.3 Å². The molecule has 2 aromatic carbocycles. The third kappa shape index (κ3) is 4.13. The maximum atomic E-state index is 12.2. The molecule has 0 unspecified atom stereocenters. The van der Waals surface area contributed by atoms with Gasteiger partial charge in [-0.05, 0) is 35.9 Å². The highest BCUT2D eigenvalue weighted by molar-refractivity contribution is 6.36. The number of nitro benzene ring substituents is 1. The van der Waals surface area contributed by atoms with E-state index in [1.807, 2.05) is 0 Å². The second-order valence-corrected chi connectivity index (χ2v) is 6.07. The fourth-order valence-corrected chi connectivity index (χ4v) is 2.50. The largest absolute Gasteiger partial charge is 0.372 e. The van der Waals surface area contributed by atoms with Crippen molar-refractivity contribution in [3.63, 3.8) is 0 Å². The van der Waals surface area contributed by atoms with Gasteiger partial charge in [0.25, 0.3) is 5.69 Å². The van der Waals surface area contributed by atoms with Crippen molar-refractivity contribution < 1.29 is 9.72 Å².